The third kappa shape index (κ3) is 10.3. The summed E-state index contributed by atoms with van der Waals surface area (Å²) in [6.45, 7) is 6.06. The fourth-order valence-electron chi connectivity index (χ4n) is 4.62. The first kappa shape index (κ1) is 34.6. The average molecular weight is 575 g/mol. The summed E-state index contributed by atoms with van der Waals surface area (Å²) >= 11 is 1.50. The number of rotatable bonds is 15. The monoisotopic (exact) mass is 574 g/mol. The van der Waals surface area contributed by atoms with Gasteiger partial charge in [0.1, 0.15) is 11.6 Å². The van der Waals surface area contributed by atoms with Crippen molar-refractivity contribution in [2.24, 2.45) is 0 Å². The van der Waals surface area contributed by atoms with Crippen molar-refractivity contribution in [1.82, 2.24) is 10.2 Å². The number of carboxylic acid groups (broad SMARTS) is 1. The summed E-state index contributed by atoms with van der Waals surface area (Å²) < 4.78 is 27.6. The molecule has 3 aromatic carbocycles. The van der Waals surface area contributed by atoms with Crippen molar-refractivity contribution in [2.75, 3.05) is 25.1 Å². The Kier molecular flexibility index (Phi) is 14.6. The number of aryl methyl sites for hydroxylation is 1. The van der Waals surface area contributed by atoms with Crippen LogP contribution < -0.4 is 29.3 Å². The first-order valence-electron chi connectivity index (χ1n) is 13.6. The Morgan fingerprint density at radius 3 is 2.44 bits per heavy atom. The molecule has 1 N–H and O–H groups in total. The Hall–Kier alpha value is -2.63. The van der Waals surface area contributed by atoms with Crippen LogP contribution in [0.5, 0.6) is 0 Å². The van der Waals surface area contributed by atoms with Gasteiger partial charge in [-0.1, -0.05) is 49.7 Å². The van der Waals surface area contributed by atoms with Gasteiger partial charge >= 0.3 is 18.9 Å². The molecular weight excluding hydrogens is 537 g/mol. The van der Waals surface area contributed by atoms with E-state index < -0.39 is 29.6 Å². The van der Waals surface area contributed by atoms with Gasteiger partial charge in [0, 0.05) is 24.7 Å². The van der Waals surface area contributed by atoms with Crippen molar-refractivity contribution < 1.29 is 42.3 Å². The van der Waals surface area contributed by atoms with Crippen LogP contribution in [0.25, 0.3) is 11.1 Å². The molecule has 3 rings (SSSR count). The average Bonchev–Trinajstić information content (AvgIpc) is 2.93. The van der Waals surface area contributed by atoms with Gasteiger partial charge in [-0.15, -0.1) is 0 Å². The fraction of sp³-hybridized carbons (Fsp3) is 0.375. The van der Waals surface area contributed by atoms with Gasteiger partial charge in [-0.25, -0.2) is 8.78 Å². The molecule has 0 heterocycles. The summed E-state index contributed by atoms with van der Waals surface area (Å²) in [5, 5.41) is 14.3. The van der Waals surface area contributed by atoms with E-state index >= 15 is 0 Å². The van der Waals surface area contributed by atoms with Gasteiger partial charge in [0.25, 0.3) is 5.91 Å². The number of amides is 1. The molecule has 0 saturated heterocycles. The Balaban J connectivity index is 0.00000588. The maximum absolute atomic E-state index is 14.2. The summed E-state index contributed by atoms with van der Waals surface area (Å²) in [6.07, 6.45) is 4.57. The summed E-state index contributed by atoms with van der Waals surface area (Å²) in [5.41, 5.74) is 4.43. The van der Waals surface area contributed by atoms with E-state index in [0.717, 1.165) is 47.7 Å². The maximum Gasteiger partial charge on any atom is 1.00 e. The maximum atomic E-state index is 14.2. The smallest absolute Gasteiger partial charge is 0.548 e. The van der Waals surface area contributed by atoms with E-state index in [1.165, 1.54) is 23.9 Å². The number of carboxylic acids is 1. The van der Waals surface area contributed by atoms with Crippen LogP contribution in [0.4, 0.5) is 8.78 Å². The normalized spacial score (nSPS) is 11.7. The van der Waals surface area contributed by atoms with E-state index in [9.17, 15) is 23.5 Å². The van der Waals surface area contributed by atoms with E-state index in [1.807, 2.05) is 49.6 Å². The van der Waals surface area contributed by atoms with Crippen LogP contribution in [0.2, 0.25) is 0 Å². The molecule has 0 fully saturated rings. The van der Waals surface area contributed by atoms with E-state index in [0.29, 0.717) is 36.4 Å². The fourth-order valence-corrected chi connectivity index (χ4v) is 5.09. The third-order valence-electron chi connectivity index (χ3n) is 6.91. The summed E-state index contributed by atoms with van der Waals surface area (Å²) in [5.74, 6) is -2.32. The predicted molar refractivity (Wildman–Crippen MR) is 156 cm³/mol. The molecule has 214 valence electrons. The number of thioether (sulfide) groups is 1. The molecule has 1 atom stereocenters. The largest absolute Gasteiger partial charge is 1.00 e. The second-order valence-electron chi connectivity index (χ2n) is 9.94. The SMILES string of the molecule is CCCCN(CCc1ccc(F)cc1F)Cc1ccc(C(=O)N[C@@H](CCSC)C(=O)[O-])c(-c2ccccc2C)c1.[Li+]. The zero-order valence-corrected chi connectivity index (χ0v) is 25.2. The number of carbonyl (C=O) groups excluding carboxylic acids is 2. The summed E-state index contributed by atoms with van der Waals surface area (Å²) in [4.78, 5) is 27.2. The second kappa shape index (κ2) is 17.4. The van der Waals surface area contributed by atoms with Gasteiger partial charge in [-0.05, 0) is 90.8 Å². The van der Waals surface area contributed by atoms with Crippen molar-refractivity contribution in [3.63, 3.8) is 0 Å². The molecule has 0 aromatic heterocycles. The number of aliphatic carboxylic acids is 1. The number of unbranched alkanes of at least 4 members (excludes halogenated alkanes) is 1. The quantitative estimate of drug-likeness (QED) is 0.283. The number of nitrogens with zero attached hydrogens (tertiary/aromatic N) is 1. The number of halogens is 2. The zero-order chi connectivity index (χ0) is 29.1. The standard InChI is InChI=1S/C32H38F2N2O3S.Li/c1-4-5-16-36(17-14-24-11-12-25(33)20-29(24)34)21-23-10-13-27(28(19-23)26-9-7-6-8-22(26)2)31(37)35-30(32(38)39)15-18-40-3;/h6-13,19-20,30H,4-5,14-18,21H2,1-3H3,(H,35,37)(H,38,39);/q;+1/p-1/t30-;/m0./s1. The van der Waals surface area contributed by atoms with Crippen molar-refractivity contribution in [3.8, 4) is 11.1 Å². The topological polar surface area (TPSA) is 72.5 Å². The predicted octanol–water partition coefficient (Wildman–Crippen LogP) is 2.39. The van der Waals surface area contributed by atoms with Gasteiger partial charge in [-0.3, -0.25) is 9.69 Å². The molecule has 9 heteroatoms. The van der Waals surface area contributed by atoms with Gasteiger partial charge in [0.2, 0.25) is 0 Å². The van der Waals surface area contributed by atoms with Crippen molar-refractivity contribution >= 4 is 23.6 Å². The Labute approximate surface area is 258 Å². The minimum atomic E-state index is -1.30. The van der Waals surface area contributed by atoms with Gasteiger partial charge < -0.3 is 15.2 Å². The molecular formula is C32H37F2LiN2O3S. The van der Waals surface area contributed by atoms with E-state index in [1.54, 1.807) is 6.07 Å². The van der Waals surface area contributed by atoms with Gasteiger partial charge in [0.05, 0.1) is 12.0 Å². The number of carbonyl (C=O) groups is 2. The van der Waals surface area contributed by atoms with Crippen molar-refractivity contribution in [1.29, 1.82) is 0 Å². The molecule has 0 bridgehead atoms. The van der Waals surface area contributed by atoms with Crippen LogP contribution in [0.3, 0.4) is 0 Å². The molecule has 5 nitrogen and oxygen atoms in total. The molecule has 0 unspecified atom stereocenters. The van der Waals surface area contributed by atoms with Crippen LogP contribution >= 0.6 is 11.8 Å². The van der Waals surface area contributed by atoms with E-state index in [4.69, 9.17) is 0 Å². The number of nitrogens with one attached hydrogen (secondary N) is 1. The summed E-state index contributed by atoms with van der Waals surface area (Å²) in [7, 11) is 0. The second-order valence-corrected chi connectivity index (χ2v) is 10.9. The first-order valence-corrected chi connectivity index (χ1v) is 15.0. The van der Waals surface area contributed by atoms with E-state index in [2.05, 4.69) is 17.1 Å². The molecule has 0 aliphatic rings. The van der Waals surface area contributed by atoms with E-state index in [-0.39, 0.29) is 25.3 Å². The van der Waals surface area contributed by atoms with Gasteiger partial charge in [0.15, 0.2) is 0 Å². The van der Waals surface area contributed by atoms with Crippen molar-refractivity contribution in [3.05, 3.63) is 94.6 Å². The van der Waals surface area contributed by atoms with Crippen LogP contribution in [0, 0.1) is 18.6 Å². The third-order valence-corrected chi connectivity index (χ3v) is 7.55. The Morgan fingerprint density at radius 1 is 1.02 bits per heavy atom. The molecule has 41 heavy (non-hydrogen) atoms. The molecule has 1 amide bonds. The van der Waals surface area contributed by atoms with Gasteiger partial charge in [-0.2, -0.15) is 11.8 Å². The molecule has 3 aromatic rings. The van der Waals surface area contributed by atoms with Crippen LogP contribution in [0.1, 0.15) is 53.2 Å². The minimum absolute atomic E-state index is 0. The first-order chi connectivity index (χ1) is 19.2. The number of hydrogen-bond donors (Lipinski definition) is 1. The molecule has 0 aliphatic carbocycles. The Morgan fingerprint density at radius 2 is 1.78 bits per heavy atom. The minimum Gasteiger partial charge on any atom is -0.548 e. The zero-order valence-electron chi connectivity index (χ0n) is 24.3. The molecule has 0 radical (unpaired) electrons. The molecule has 0 saturated carbocycles. The number of hydrogen-bond acceptors (Lipinski definition) is 5. The summed E-state index contributed by atoms with van der Waals surface area (Å²) in [6, 6.07) is 15.9. The van der Waals surface area contributed by atoms with Crippen LogP contribution in [0.15, 0.2) is 60.7 Å². The Bertz CT molecular complexity index is 1310. The van der Waals surface area contributed by atoms with Crippen LogP contribution in [-0.2, 0) is 17.8 Å². The number of benzene rings is 3. The van der Waals surface area contributed by atoms with Crippen molar-refractivity contribution in [2.45, 2.75) is 52.1 Å². The van der Waals surface area contributed by atoms with Crippen LogP contribution in [-0.4, -0.2) is 47.9 Å². The molecule has 0 aliphatic heterocycles. The molecule has 0 spiro atoms.